The van der Waals surface area contributed by atoms with Crippen LogP contribution in [0, 0.1) is 0 Å². The molecule has 3 heteroatoms. The van der Waals surface area contributed by atoms with Gasteiger partial charge in [0.1, 0.15) is 12.6 Å². The molecule has 134 valence electrons. The second-order valence-electron chi connectivity index (χ2n) is 8.52. The van der Waals surface area contributed by atoms with Gasteiger partial charge in [-0.15, -0.1) is 0 Å². The average Bonchev–Trinajstić information content (AvgIpc) is 3.01. The van der Waals surface area contributed by atoms with Crippen LogP contribution in [0.1, 0.15) is 57.6 Å². The van der Waals surface area contributed by atoms with Crippen LogP contribution in [0.25, 0.3) is 0 Å². The molecule has 0 radical (unpaired) electrons. The summed E-state index contributed by atoms with van der Waals surface area (Å²) in [5.41, 5.74) is 2.99. The van der Waals surface area contributed by atoms with Crippen molar-refractivity contribution in [3.8, 4) is 0 Å². The summed E-state index contributed by atoms with van der Waals surface area (Å²) in [6.07, 6.45) is 6.42. The molecule has 0 unspecified atom stereocenters. The standard InChI is InChI=1S/C21H33NO2/c1-21(2,3)18-10-7-17(8-11-18)9-12-20-23-16-19(24-20)15-22-13-5-4-6-14-22/h7-8,10-11,19-20H,4-6,9,12-16H2,1-3H3/p+1/t19-,20+/m0/s1. The largest absolute Gasteiger partial charge is 0.350 e. The van der Waals surface area contributed by atoms with Gasteiger partial charge < -0.3 is 14.4 Å². The summed E-state index contributed by atoms with van der Waals surface area (Å²) in [6, 6.07) is 9.03. The predicted octanol–water partition coefficient (Wildman–Crippen LogP) is 2.73. The minimum Gasteiger partial charge on any atom is -0.350 e. The summed E-state index contributed by atoms with van der Waals surface area (Å²) in [6.45, 7) is 11.3. The van der Waals surface area contributed by atoms with E-state index in [1.807, 2.05) is 0 Å². The van der Waals surface area contributed by atoms with Crippen molar-refractivity contribution < 1.29 is 14.4 Å². The van der Waals surface area contributed by atoms with Crippen LogP contribution in [0.4, 0.5) is 0 Å². The van der Waals surface area contributed by atoms with E-state index in [2.05, 4.69) is 45.0 Å². The molecule has 0 spiro atoms. The molecule has 2 heterocycles. The highest BCUT2D eigenvalue weighted by molar-refractivity contribution is 5.27. The molecule has 1 aromatic rings. The highest BCUT2D eigenvalue weighted by Gasteiger charge is 2.29. The lowest BCUT2D eigenvalue weighted by Gasteiger charge is -2.25. The van der Waals surface area contributed by atoms with Crippen LogP contribution in [-0.4, -0.2) is 38.6 Å². The number of hydrogen-bond donors (Lipinski definition) is 1. The van der Waals surface area contributed by atoms with Crippen molar-refractivity contribution in [1.29, 1.82) is 0 Å². The van der Waals surface area contributed by atoms with Crippen molar-refractivity contribution in [1.82, 2.24) is 0 Å². The number of ether oxygens (including phenoxy) is 2. The second kappa shape index (κ2) is 7.99. The van der Waals surface area contributed by atoms with Crippen LogP contribution in [0.2, 0.25) is 0 Å². The van der Waals surface area contributed by atoms with Crippen LogP contribution in [0.15, 0.2) is 24.3 Å². The Bertz CT molecular complexity index is 500. The van der Waals surface area contributed by atoms with E-state index in [0.29, 0.717) is 6.10 Å². The third-order valence-corrected chi connectivity index (χ3v) is 5.38. The topological polar surface area (TPSA) is 22.9 Å². The van der Waals surface area contributed by atoms with Gasteiger partial charge in [-0.3, -0.25) is 0 Å². The Balaban J connectivity index is 1.41. The van der Waals surface area contributed by atoms with Crippen LogP contribution >= 0.6 is 0 Å². The number of rotatable bonds is 5. The van der Waals surface area contributed by atoms with Gasteiger partial charge in [-0.1, -0.05) is 45.0 Å². The normalized spacial score (nSPS) is 26.0. The van der Waals surface area contributed by atoms with Crippen molar-refractivity contribution in [2.45, 2.75) is 70.7 Å². The summed E-state index contributed by atoms with van der Waals surface area (Å²) in [7, 11) is 0. The minimum atomic E-state index is -0.0125. The molecule has 2 atom stereocenters. The molecular formula is C21H34NO2+. The van der Waals surface area contributed by atoms with Crippen LogP contribution in [0.3, 0.4) is 0 Å². The third-order valence-electron chi connectivity index (χ3n) is 5.38. The van der Waals surface area contributed by atoms with Crippen molar-refractivity contribution in [3.05, 3.63) is 35.4 Å². The molecule has 2 aliphatic rings. The van der Waals surface area contributed by atoms with E-state index >= 15 is 0 Å². The fourth-order valence-corrected chi connectivity index (χ4v) is 3.80. The summed E-state index contributed by atoms with van der Waals surface area (Å²) in [4.78, 5) is 1.70. The lowest BCUT2D eigenvalue weighted by molar-refractivity contribution is -0.907. The Hall–Kier alpha value is -0.900. The summed E-state index contributed by atoms with van der Waals surface area (Å²) >= 11 is 0. The fourth-order valence-electron chi connectivity index (χ4n) is 3.80. The fraction of sp³-hybridized carbons (Fsp3) is 0.714. The maximum Gasteiger partial charge on any atom is 0.158 e. The van der Waals surface area contributed by atoms with Gasteiger partial charge in [-0.2, -0.15) is 0 Å². The smallest absolute Gasteiger partial charge is 0.158 e. The molecule has 0 aromatic heterocycles. The zero-order chi connectivity index (χ0) is 17.0. The average molecular weight is 333 g/mol. The van der Waals surface area contributed by atoms with Gasteiger partial charge in [0.05, 0.1) is 19.7 Å². The first-order chi connectivity index (χ1) is 11.5. The molecule has 0 bridgehead atoms. The molecule has 0 saturated carbocycles. The Morgan fingerprint density at radius 1 is 1.04 bits per heavy atom. The van der Waals surface area contributed by atoms with E-state index in [-0.39, 0.29) is 11.7 Å². The van der Waals surface area contributed by atoms with Crippen molar-refractivity contribution in [2.24, 2.45) is 0 Å². The zero-order valence-electron chi connectivity index (χ0n) is 15.6. The van der Waals surface area contributed by atoms with Crippen LogP contribution in [-0.2, 0) is 21.3 Å². The van der Waals surface area contributed by atoms with Gasteiger partial charge >= 0.3 is 0 Å². The molecular weight excluding hydrogens is 298 g/mol. The van der Waals surface area contributed by atoms with E-state index < -0.39 is 0 Å². The molecule has 2 aliphatic heterocycles. The van der Waals surface area contributed by atoms with Gasteiger partial charge in [0.2, 0.25) is 0 Å². The summed E-state index contributed by atoms with van der Waals surface area (Å²) in [5.74, 6) is 0. The number of aryl methyl sites for hydroxylation is 1. The number of hydrogen-bond acceptors (Lipinski definition) is 2. The van der Waals surface area contributed by atoms with Crippen LogP contribution < -0.4 is 4.90 Å². The molecule has 0 aliphatic carbocycles. The Labute approximate surface area is 147 Å². The van der Waals surface area contributed by atoms with Gasteiger partial charge in [-0.25, -0.2) is 0 Å². The molecule has 3 rings (SSSR count). The Morgan fingerprint density at radius 2 is 1.75 bits per heavy atom. The molecule has 24 heavy (non-hydrogen) atoms. The predicted molar refractivity (Wildman–Crippen MR) is 97.5 cm³/mol. The first-order valence-corrected chi connectivity index (χ1v) is 9.71. The van der Waals surface area contributed by atoms with Crippen molar-refractivity contribution >= 4 is 0 Å². The monoisotopic (exact) mass is 332 g/mol. The first-order valence-electron chi connectivity index (χ1n) is 9.71. The molecule has 1 aromatic carbocycles. The maximum absolute atomic E-state index is 6.12. The van der Waals surface area contributed by atoms with Crippen molar-refractivity contribution in [3.63, 3.8) is 0 Å². The number of piperidine rings is 1. The van der Waals surface area contributed by atoms with Gasteiger partial charge in [0, 0.05) is 6.42 Å². The van der Waals surface area contributed by atoms with Crippen molar-refractivity contribution in [2.75, 3.05) is 26.2 Å². The molecule has 1 N–H and O–H groups in total. The van der Waals surface area contributed by atoms with Crippen LogP contribution in [0.5, 0.6) is 0 Å². The lowest BCUT2D eigenvalue weighted by atomic mass is 9.86. The summed E-state index contributed by atoms with van der Waals surface area (Å²) in [5, 5.41) is 0. The van der Waals surface area contributed by atoms with Gasteiger partial charge in [0.15, 0.2) is 6.29 Å². The number of likely N-dealkylation sites (tertiary alicyclic amines) is 1. The number of quaternary nitrogens is 1. The highest BCUT2D eigenvalue weighted by atomic mass is 16.7. The Kier molecular flexibility index (Phi) is 5.96. The van der Waals surface area contributed by atoms with Gasteiger partial charge in [-0.05, 0) is 42.2 Å². The second-order valence-corrected chi connectivity index (χ2v) is 8.52. The lowest BCUT2D eigenvalue weighted by Crippen LogP contribution is -3.13. The van der Waals surface area contributed by atoms with E-state index in [9.17, 15) is 0 Å². The minimum absolute atomic E-state index is 0.0125. The first kappa shape index (κ1) is 17.9. The molecule has 2 fully saturated rings. The Morgan fingerprint density at radius 3 is 2.42 bits per heavy atom. The molecule has 3 nitrogen and oxygen atoms in total. The molecule has 0 amide bonds. The van der Waals surface area contributed by atoms with Gasteiger partial charge in [0.25, 0.3) is 0 Å². The highest BCUT2D eigenvalue weighted by Crippen LogP contribution is 2.23. The number of benzene rings is 1. The quantitative estimate of drug-likeness (QED) is 0.896. The van der Waals surface area contributed by atoms with E-state index in [1.54, 1.807) is 4.90 Å². The third kappa shape index (κ3) is 5.05. The zero-order valence-corrected chi connectivity index (χ0v) is 15.6. The van der Waals surface area contributed by atoms with E-state index in [0.717, 1.165) is 26.0 Å². The SMILES string of the molecule is CC(C)(C)c1ccc(CC[C@@H]2OC[C@H](C[NH+]3CCCCC3)O2)cc1. The maximum atomic E-state index is 6.12. The summed E-state index contributed by atoms with van der Waals surface area (Å²) < 4.78 is 12.0. The molecule has 2 saturated heterocycles. The van der Waals surface area contributed by atoms with E-state index in [1.165, 1.54) is 43.5 Å². The van der Waals surface area contributed by atoms with E-state index in [4.69, 9.17) is 9.47 Å². The number of nitrogens with one attached hydrogen (secondary N) is 1.